The summed E-state index contributed by atoms with van der Waals surface area (Å²) < 4.78 is 39.7. The zero-order valence-electron chi connectivity index (χ0n) is 16.7. The van der Waals surface area contributed by atoms with Crippen molar-refractivity contribution in [3.63, 3.8) is 0 Å². The van der Waals surface area contributed by atoms with Crippen LogP contribution in [0.25, 0.3) is 10.8 Å². The Morgan fingerprint density at radius 2 is 1.57 bits per heavy atom. The summed E-state index contributed by atoms with van der Waals surface area (Å²) in [6.45, 7) is 2.87. The molecule has 0 atom stereocenters. The van der Waals surface area contributed by atoms with Crippen LogP contribution in [0, 0.1) is 0 Å². The van der Waals surface area contributed by atoms with Crippen LogP contribution in [-0.4, -0.2) is 38.2 Å². The number of ether oxygens (including phenoxy) is 2. The van der Waals surface area contributed by atoms with Crippen LogP contribution in [0.5, 0.6) is 11.5 Å². The molecule has 158 valence electrons. The van der Waals surface area contributed by atoms with Crippen molar-refractivity contribution in [1.29, 1.82) is 0 Å². The van der Waals surface area contributed by atoms with E-state index in [9.17, 15) is 18.3 Å². The first-order valence-corrected chi connectivity index (χ1v) is 10.8. The Balaban J connectivity index is 1.90. The first-order valence-electron chi connectivity index (χ1n) is 9.30. The molecule has 0 aliphatic carbocycles. The quantitative estimate of drug-likeness (QED) is 0.505. The van der Waals surface area contributed by atoms with Gasteiger partial charge in [0, 0.05) is 5.39 Å². The molecule has 3 aromatic rings. The number of aliphatic carboxylic acids is 1. The molecule has 0 saturated heterocycles. The molecule has 7 nitrogen and oxygen atoms in total. The lowest BCUT2D eigenvalue weighted by molar-refractivity contribution is -0.142. The maximum atomic E-state index is 13.0. The van der Waals surface area contributed by atoms with Crippen LogP contribution in [0.4, 0.5) is 0 Å². The van der Waals surface area contributed by atoms with E-state index in [0.717, 1.165) is 5.39 Å². The lowest BCUT2D eigenvalue weighted by Gasteiger charge is -2.22. The molecule has 0 saturated carbocycles. The van der Waals surface area contributed by atoms with Gasteiger partial charge in [-0.3, -0.25) is 4.79 Å². The lowest BCUT2D eigenvalue weighted by atomic mass is 10.1. The van der Waals surface area contributed by atoms with Crippen molar-refractivity contribution in [3.05, 3.63) is 66.7 Å². The highest BCUT2D eigenvalue weighted by Gasteiger charge is 2.34. The van der Waals surface area contributed by atoms with Gasteiger partial charge in [0.15, 0.2) is 0 Å². The largest absolute Gasteiger partial charge is 0.490 e. The number of carboxylic acids is 1. The number of carbonyl (C=O) groups is 1. The number of para-hydroxylation sites is 1. The second kappa shape index (κ2) is 8.73. The zero-order chi connectivity index (χ0) is 21.8. The van der Waals surface area contributed by atoms with E-state index in [1.165, 1.54) is 19.9 Å². The normalized spacial score (nSPS) is 11.9. The number of carboxylic acid groups (broad SMARTS) is 1. The molecule has 3 aromatic carbocycles. The summed E-state index contributed by atoms with van der Waals surface area (Å²) in [5.41, 5.74) is -1.68. The molecule has 0 radical (unpaired) electrons. The molecule has 0 bridgehead atoms. The van der Waals surface area contributed by atoms with Crippen LogP contribution < -0.4 is 14.2 Å². The van der Waals surface area contributed by atoms with Crippen molar-refractivity contribution in [1.82, 2.24) is 4.72 Å². The van der Waals surface area contributed by atoms with Gasteiger partial charge in [-0.05, 0) is 37.4 Å². The van der Waals surface area contributed by atoms with E-state index >= 15 is 0 Å². The van der Waals surface area contributed by atoms with Crippen molar-refractivity contribution in [3.8, 4) is 11.5 Å². The molecule has 2 N–H and O–H groups in total. The Hall–Kier alpha value is -3.10. The van der Waals surface area contributed by atoms with Crippen molar-refractivity contribution >= 4 is 26.8 Å². The third-order valence-electron chi connectivity index (χ3n) is 4.40. The van der Waals surface area contributed by atoms with Crippen molar-refractivity contribution < 1.29 is 27.8 Å². The number of fused-ring (bicyclic) bond motifs is 1. The summed E-state index contributed by atoms with van der Waals surface area (Å²) in [7, 11) is -4.17. The van der Waals surface area contributed by atoms with Gasteiger partial charge in [-0.2, -0.15) is 4.72 Å². The van der Waals surface area contributed by atoms with Crippen LogP contribution in [0.3, 0.4) is 0 Å². The highest BCUT2D eigenvalue weighted by atomic mass is 32.2. The van der Waals surface area contributed by atoms with Crippen LogP contribution >= 0.6 is 0 Å². The summed E-state index contributed by atoms with van der Waals surface area (Å²) in [6, 6.07) is 19.5. The lowest BCUT2D eigenvalue weighted by Crippen LogP contribution is -2.49. The molecular formula is C22H23NO6S. The molecule has 0 spiro atoms. The monoisotopic (exact) mass is 429 g/mol. The highest BCUT2D eigenvalue weighted by molar-refractivity contribution is 7.89. The van der Waals surface area contributed by atoms with E-state index in [2.05, 4.69) is 4.72 Å². The van der Waals surface area contributed by atoms with Gasteiger partial charge in [-0.1, -0.05) is 48.5 Å². The maximum Gasteiger partial charge on any atom is 0.324 e. The Morgan fingerprint density at radius 1 is 0.933 bits per heavy atom. The fraction of sp³-hybridized carbons (Fsp3) is 0.227. The molecule has 0 aliphatic rings. The minimum atomic E-state index is -4.17. The molecule has 0 amide bonds. The fourth-order valence-electron chi connectivity index (χ4n) is 2.84. The summed E-state index contributed by atoms with van der Waals surface area (Å²) in [5.74, 6) is -0.458. The van der Waals surface area contributed by atoms with E-state index in [-0.39, 0.29) is 23.9 Å². The highest BCUT2D eigenvalue weighted by Crippen LogP contribution is 2.33. The number of hydrogen-bond acceptors (Lipinski definition) is 5. The van der Waals surface area contributed by atoms with Gasteiger partial charge in [0.1, 0.15) is 35.1 Å². The number of nitrogens with one attached hydrogen (secondary N) is 1. The van der Waals surface area contributed by atoms with Gasteiger partial charge in [0.2, 0.25) is 10.0 Å². The van der Waals surface area contributed by atoms with Crippen molar-refractivity contribution in [2.75, 3.05) is 13.2 Å². The van der Waals surface area contributed by atoms with Gasteiger partial charge < -0.3 is 14.6 Å². The minimum absolute atomic E-state index is 0.105. The SMILES string of the molecule is CC(C)(NS(=O)(=O)c1ccc2ccccc2c1OCCOc1ccccc1)C(=O)O. The summed E-state index contributed by atoms with van der Waals surface area (Å²) in [5, 5.41) is 10.7. The standard InChI is InChI=1S/C22H23NO6S/c1-22(2,21(24)25)23-30(26,27)19-13-12-16-8-6-7-11-18(16)20(19)29-15-14-28-17-9-4-3-5-10-17/h3-13,23H,14-15H2,1-2H3,(H,24,25). The summed E-state index contributed by atoms with van der Waals surface area (Å²) in [4.78, 5) is 11.3. The minimum Gasteiger partial charge on any atom is -0.490 e. The average molecular weight is 429 g/mol. The van der Waals surface area contributed by atoms with E-state index < -0.39 is 21.5 Å². The molecule has 3 rings (SSSR count). The Kier molecular flexibility index (Phi) is 6.28. The third-order valence-corrected chi connectivity index (χ3v) is 6.08. The first-order chi connectivity index (χ1) is 14.2. The smallest absolute Gasteiger partial charge is 0.324 e. The zero-order valence-corrected chi connectivity index (χ0v) is 17.5. The van der Waals surface area contributed by atoms with Crippen LogP contribution in [0.15, 0.2) is 71.6 Å². The Morgan fingerprint density at radius 3 is 2.27 bits per heavy atom. The van der Waals surface area contributed by atoms with Crippen LogP contribution in [0.2, 0.25) is 0 Å². The molecular weight excluding hydrogens is 406 g/mol. The Bertz CT molecular complexity index is 1140. The second-order valence-corrected chi connectivity index (χ2v) is 8.81. The number of sulfonamides is 1. The predicted molar refractivity (Wildman–Crippen MR) is 113 cm³/mol. The van der Waals surface area contributed by atoms with E-state index in [0.29, 0.717) is 11.1 Å². The topological polar surface area (TPSA) is 102 Å². The molecule has 8 heteroatoms. The molecule has 0 heterocycles. The molecule has 0 aliphatic heterocycles. The van der Waals surface area contributed by atoms with Crippen molar-refractivity contribution in [2.24, 2.45) is 0 Å². The van der Waals surface area contributed by atoms with E-state index in [1.54, 1.807) is 18.2 Å². The molecule has 0 aromatic heterocycles. The Labute approximate surface area is 175 Å². The van der Waals surface area contributed by atoms with Gasteiger partial charge in [-0.15, -0.1) is 0 Å². The third kappa shape index (κ3) is 4.90. The van der Waals surface area contributed by atoms with Crippen LogP contribution in [0.1, 0.15) is 13.8 Å². The second-order valence-electron chi connectivity index (χ2n) is 7.16. The maximum absolute atomic E-state index is 13.0. The first kappa shape index (κ1) is 21.6. The average Bonchev–Trinajstić information content (AvgIpc) is 2.71. The van der Waals surface area contributed by atoms with E-state index in [1.807, 2.05) is 42.5 Å². The van der Waals surface area contributed by atoms with Gasteiger partial charge in [0.05, 0.1) is 0 Å². The summed E-state index contributed by atoms with van der Waals surface area (Å²) >= 11 is 0. The fourth-order valence-corrected chi connectivity index (χ4v) is 4.37. The van der Waals surface area contributed by atoms with Crippen molar-refractivity contribution in [2.45, 2.75) is 24.3 Å². The van der Waals surface area contributed by atoms with Gasteiger partial charge >= 0.3 is 5.97 Å². The molecule has 30 heavy (non-hydrogen) atoms. The molecule has 0 unspecified atom stereocenters. The predicted octanol–water partition coefficient (Wildman–Crippen LogP) is 3.44. The number of rotatable bonds is 9. The molecule has 0 fully saturated rings. The van der Waals surface area contributed by atoms with E-state index in [4.69, 9.17) is 9.47 Å². The van der Waals surface area contributed by atoms with Gasteiger partial charge in [0.25, 0.3) is 0 Å². The van der Waals surface area contributed by atoms with Gasteiger partial charge in [-0.25, -0.2) is 8.42 Å². The summed E-state index contributed by atoms with van der Waals surface area (Å²) in [6.07, 6.45) is 0. The van der Waals surface area contributed by atoms with Crippen LogP contribution in [-0.2, 0) is 14.8 Å². The number of hydrogen-bond donors (Lipinski definition) is 2. The number of benzene rings is 3.